The second-order valence-corrected chi connectivity index (χ2v) is 10.4. The van der Waals surface area contributed by atoms with Crippen molar-refractivity contribution >= 4 is 11.6 Å². The van der Waals surface area contributed by atoms with Crippen LogP contribution < -0.4 is 16.4 Å². The number of nitrogens with zero attached hydrogens (tertiary/aromatic N) is 2. The fourth-order valence-electron chi connectivity index (χ4n) is 5.24. The van der Waals surface area contributed by atoms with Crippen LogP contribution in [0.3, 0.4) is 0 Å². The number of halogens is 3. The molecule has 1 aromatic heterocycles. The number of hydrogen-bond acceptors (Lipinski definition) is 4. The topological polar surface area (TPSA) is 85.0 Å². The van der Waals surface area contributed by atoms with Crippen molar-refractivity contribution in [3.8, 4) is 18.0 Å². The molecule has 2 aliphatic carbocycles. The minimum atomic E-state index is -4.53. The van der Waals surface area contributed by atoms with E-state index in [2.05, 4.69) is 35.5 Å². The first-order valence-electron chi connectivity index (χ1n) is 12.0. The number of nitrogens with two attached hydrogens (primary N) is 1. The van der Waals surface area contributed by atoms with Gasteiger partial charge in [-0.15, -0.1) is 6.42 Å². The van der Waals surface area contributed by atoms with Crippen molar-refractivity contribution in [2.45, 2.75) is 77.1 Å². The molecule has 188 valence electrons. The molecule has 1 heterocycles. The molecule has 9 heteroatoms. The predicted octanol–water partition coefficient (Wildman–Crippen LogP) is 4.45. The molecule has 1 amide bonds. The molecule has 0 aliphatic heterocycles. The summed E-state index contributed by atoms with van der Waals surface area (Å²) < 4.78 is 42.8. The maximum Gasteiger partial charge on any atom is 0.435 e. The van der Waals surface area contributed by atoms with Crippen molar-refractivity contribution in [1.29, 1.82) is 0 Å². The Morgan fingerprint density at radius 1 is 1.26 bits per heavy atom. The molecule has 35 heavy (non-hydrogen) atoms. The van der Waals surface area contributed by atoms with Crippen molar-refractivity contribution < 1.29 is 18.0 Å². The van der Waals surface area contributed by atoms with Crippen LogP contribution in [0.2, 0.25) is 0 Å². The highest BCUT2D eigenvalue weighted by Gasteiger charge is 2.42. The third-order valence-electron chi connectivity index (χ3n) is 7.15. The van der Waals surface area contributed by atoms with Crippen molar-refractivity contribution in [3.63, 3.8) is 0 Å². The van der Waals surface area contributed by atoms with E-state index in [1.54, 1.807) is 18.2 Å². The lowest BCUT2D eigenvalue weighted by atomic mass is 9.76. The maximum atomic E-state index is 13.8. The van der Waals surface area contributed by atoms with Gasteiger partial charge in [0.25, 0.3) is 5.91 Å². The number of alkyl halides is 3. The van der Waals surface area contributed by atoms with Crippen molar-refractivity contribution in [2.24, 2.45) is 11.1 Å². The van der Waals surface area contributed by atoms with E-state index < -0.39 is 17.8 Å². The minimum Gasteiger partial charge on any atom is -0.382 e. The van der Waals surface area contributed by atoms with Gasteiger partial charge in [0, 0.05) is 29.0 Å². The summed E-state index contributed by atoms with van der Waals surface area (Å²) in [5.41, 5.74) is 6.80. The smallest absolute Gasteiger partial charge is 0.382 e. The fraction of sp³-hybridized carbons (Fsp3) is 0.538. The number of primary amides is 1. The lowest BCUT2D eigenvalue weighted by Gasteiger charge is -2.31. The second kappa shape index (κ2) is 9.57. The first kappa shape index (κ1) is 25.1. The minimum absolute atomic E-state index is 0.114. The molecular formula is C26H32F3N5O. The van der Waals surface area contributed by atoms with Gasteiger partial charge in [-0.25, -0.2) is 4.68 Å². The molecule has 0 radical (unpaired) electrons. The van der Waals surface area contributed by atoms with Crippen LogP contribution in [0.5, 0.6) is 0 Å². The highest BCUT2D eigenvalue weighted by atomic mass is 19.4. The van der Waals surface area contributed by atoms with Crippen LogP contribution in [-0.4, -0.2) is 34.3 Å². The maximum absolute atomic E-state index is 13.8. The number of carbonyl (C=O) groups excluding carboxylic acids is 1. The summed E-state index contributed by atoms with van der Waals surface area (Å²) in [6.07, 6.45) is 5.89. The Labute approximate surface area is 203 Å². The Hall–Kier alpha value is -2.99. The largest absolute Gasteiger partial charge is 0.435 e. The number of rotatable bonds is 6. The first-order valence-corrected chi connectivity index (χ1v) is 12.0. The number of nitrogens with one attached hydrogen (secondary N) is 2. The van der Waals surface area contributed by atoms with E-state index in [1.165, 1.54) is 4.68 Å². The molecule has 0 atom stereocenters. The number of anilines is 1. The average Bonchev–Trinajstić information content (AvgIpc) is 3.16. The van der Waals surface area contributed by atoms with E-state index in [1.807, 2.05) is 0 Å². The molecular weight excluding hydrogens is 455 g/mol. The zero-order valence-corrected chi connectivity index (χ0v) is 20.1. The van der Waals surface area contributed by atoms with Gasteiger partial charge in [-0.05, 0) is 68.6 Å². The number of terminal acetylenes is 1. The van der Waals surface area contributed by atoms with Crippen LogP contribution >= 0.6 is 0 Å². The highest BCUT2D eigenvalue weighted by molar-refractivity contribution is 5.99. The van der Waals surface area contributed by atoms with Crippen molar-refractivity contribution in [3.05, 3.63) is 40.7 Å². The Morgan fingerprint density at radius 2 is 1.94 bits per heavy atom. The number of benzene rings is 1. The Bertz CT molecular complexity index is 1140. The van der Waals surface area contributed by atoms with E-state index in [0.29, 0.717) is 54.5 Å². The zero-order valence-electron chi connectivity index (χ0n) is 20.1. The summed E-state index contributed by atoms with van der Waals surface area (Å²) in [5, 5.41) is 10.8. The standard InChI is InChI=1S/C26H32F3N5O/c1-4-13-31-16-5-7-17(8-6-16)32-21-14-18(9-10-19(21)24(30)35)34-22-15-25(2,3)12-11-20(22)23(33-34)26(27,28)29/h1,9-10,14,16-17,31-32H,5-8,11-13,15H2,2-3H3,(H2,30,35). The van der Waals surface area contributed by atoms with E-state index in [9.17, 15) is 18.0 Å². The third-order valence-corrected chi connectivity index (χ3v) is 7.15. The number of aromatic nitrogens is 2. The molecule has 4 rings (SSSR count). The predicted molar refractivity (Wildman–Crippen MR) is 129 cm³/mol. The molecule has 0 unspecified atom stereocenters. The average molecular weight is 488 g/mol. The van der Waals surface area contributed by atoms with Gasteiger partial charge in [0.2, 0.25) is 0 Å². The summed E-state index contributed by atoms with van der Waals surface area (Å²) >= 11 is 0. The van der Waals surface area contributed by atoms with Crippen LogP contribution in [0.15, 0.2) is 18.2 Å². The Kier molecular flexibility index (Phi) is 6.87. The lowest BCUT2D eigenvalue weighted by Crippen LogP contribution is -2.37. The van der Waals surface area contributed by atoms with E-state index in [4.69, 9.17) is 12.2 Å². The molecule has 1 fully saturated rings. The monoisotopic (exact) mass is 487 g/mol. The second-order valence-electron chi connectivity index (χ2n) is 10.4. The van der Waals surface area contributed by atoms with E-state index >= 15 is 0 Å². The molecule has 0 bridgehead atoms. The molecule has 1 saturated carbocycles. The number of amides is 1. The van der Waals surface area contributed by atoms with Crippen LogP contribution in [0.25, 0.3) is 5.69 Å². The molecule has 6 nitrogen and oxygen atoms in total. The summed E-state index contributed by atoms with van der Waals surface area (Å²) in [4.78, 5) is 12.1. The van der Waals surface area contributed by atoms with Gasteiger partial charge >= 0.3 is 6.18 Å². The van der Waals surface area contributed by atoms with Crippen molar-refractivity contribution in [2.75, 3.05) is 11.9 Å². The quantitative estimate of drug-likeness (QED) is 0.526. The van der Waals surface area contributed by atoms with Gasteiger partial charge in [0.15, 0.2) is 5.69 Å². The van der Waals surface area contributed by atoms with Gasteiger partial charge in [-0.1, -0.05) is 19.8 Å². The molecule has 0 saturated heterocycles. The number of carbonyl (C=O) groups is 1. The van der Waals surface area contributed by atoms with E-state index in [-0.39, 0.29) is 17.0 Å². The van der Waals surface area contributed by atoms with Crippen LogP contribution in [-0.2, 0) is 19.0 Å². The number of hydrogen-bond donors (Lipinski definition) is 3. The van der Waals surface area contributed by atoms with Crippen LogP contribution in [0, 0.1) is 17.8 Å². The van der Waals surface area contributed by atoms with E-state index in [0.717, 1.165) is 25.7 Å². The highest BCUT2D eigenvalue weighted by Crippen LogP contribution is 2.42. The molecule has 0 spiro atoms. The normalized spacial score (nSPS) is 21.7. The SMILES string of the molecule is C#CCNC1CCC(Nc2cc(-n3nc(C(F)(F)F)c4c3CC(C)(C)CC4)ccc2C(N)=O)CC1. The lowest BCUT2D eigenvalue weighted by molar-refractivity contribution is -0.142. The Balaban J connectivity index is 1.66. The van der Waals surface area contributed by atoms with Gasteiger partial charge in [0.05, 0.1) is 17.8 Å². The molecule has 4 N–H and O–H groups in total. The van der Waals surface area contributed by atoms with Crippen molar-refractivity contribution in [1.82, 2.24) is 15.1 Å². The molecule has 2 aliphatic rings. The van der Waals surface area contributed by atoms with Gasteiger partial charge in [-0.3, -0.25) is 4.79 Å². The first-order chi connectivity index (χ1) is 16.5. The summed E-state index contributed by atoms with van der Waals surface area (Å²) in [6.45, 7) is 4.64. The van der Waals surface area contributed by atoms with Gasteiger partial charge < -0.3 is 16.4 Å². The zero-order chi connectivity index (χ0) is 25.4. The summed E-state index contributed by atoms with van der Waals surface area (Å²) in [6, 6.07) is 5.34. The van der Waals surface area contributed by atoms with Gasteiger partial charge in [0.1, 0.15) is 0 Å². The molecule has 1 aromatic carbocycles. The van der Waals surface area contributed by atoms with Crippen LogP contribution in [0.1, 0.15) is 73.3 Å². The fourth-order valence-corrected chi connectivity index (χ4v) is 5.24. The summed E-state index contributed by atoms with van der Waals surface area (Å²) in [5.74, 6) is 1.99. The number of fused-ring (bicyclic) bond motifs is 1. The summed E-state index contributed by atoms with van der Waals surface area (Å²) in [7, 11) is 0. The third kappa shape index (κ3) is 5.48. The van der Waals surface area contributed by atoms with Gasteiger partial charge in [-0.2, -0.15) is 18.3 Å². The van der Waals surface area contributed by atoms with Crippen LogP contribution in [0.4, 0.5) is 18.9 Å². The Morgan fingerprint density at radius 3 is 2.57 bits per heavy atom. The molecule has 2 aromatic rings.